The van der Waals surface area contributed by atoms with Gasteiger partial charge in [-0.1, -0.05) is 0 Å². The van der Waals surface area contributed by atoms with E-state index in [1.165, 1.54) is 12.3 Å². The highest BCUT2D eigenvalue weighted by Crippen LogP contribution is 2.22. The Balaban J connectivity index is 2.00. The van der Waals surface area contributed by atoms with Gasteiger partial charge in [-0.15, -0.1) is 0 Å². The van der Waals surface area contributed by atoms with Crippen LogP contribution >= 0.6 is 0 Å². The van der Waals surface area contributed by atoms with E-state index in [0.717, 1.165) is 25.8 Å². The Hall–Kier alpha value is -1.04. The fourth-order valence-corrected chi connectivity index (χ4v) is 2.36. The van der Waals surface area contributed by atoms with Crippen LogP contribution in [0.1, 0.15) is 18.1 Å². The van der Waals surface area contributed by atoms with Crippen LogP contribution in [0.3, 0.4) is 0 Å². The molecule has 1 aromatic heterocycles. The first-order valence-corrected chi connectivity index (χ1v) is 6.23. The molecule has 18 heavy (non-hydrogen) atoms. The van der Waals surface area contributed by atoms with Crippen molar-refractivity contribution in [3.8, 4) is 0 Å². The summed E-state index contributed by atoms with van der Waals surface area (Å²) >= 11 is 0. The summed E-state index contributed by atoms with van der Waals surface area (Å²) in [5, 5.41) is 10.1. The van der Waals surface area contributed by atoms with Crippen LogP contribution in [0.2, 0.25) is 0 Å². The molecule has 0 aliphatic carbocycles. The fourth-order valence-electron chi connectivity index (χ4n) is 2.36. The van der Waals surface area contributed by atoms with Crippen LogP contribution in [0.15, 0.2) is 18.5 Å². The molecule has 4 nitrogen and oxygen atoms in total. The average Bonchev–Trinajstić information content (AvgIpc) is 2.34. The van der Waals surface area contributed by atoms with Crippen molar-refractivity contribution in [1.82, 2.24) is 14.8 Å². The minimum Gasteiger partial charge on any atom is -0.388 e. The van der Waals surface area contributed by atoms with Gasteiger partial charge in [0.25, 0.3) is 0 Å². The molecular weight excluding hydrogens is 233 g/mol. The SMILES string of the molecule is CN1CCN(C)C(CC(O)c2cncc(F)c2)C1. The summed E-state index contributed by atoms with van der Waals surface area (Å²) < 4.78 is 13.1. The third-order valence-electron chi connectivity index (χ3n) is 3.59. The van der Waals surface area contributed by atoms with E-state index in [2.05, 4.69) is 28.9 Å². The Bertz CT molecular complexity index is 402. The van der Waals surface area contributed by atoms with Crippen molar-refractivity contribution in [3.05, 3.63) is 29.8 Å². The smallest absolute Gasteiger partial charge is 0.141 e. The van der Waals surface area contributed by atoms with Gasteiger partial charge in [0, 0.05) is 37.4 Å². The van der Waals surface area contributed by atoms with E-state index < -0.39 is 11.9 Å². The summed E-state index contributed by atoms with van der Waals surface area (Å²) in [7, 11) is 4.14. The molecule has 1 saturated heterocycles. The number of halogens is 1. The Morgan fingerprint density at radius 3 is 2.94 bits per heavy atom. The number of rotatable bonds is 3. The molecule has 0 aromatic carbocycles. The molecule has 2 atom stereocenters. The van der Waals surface area contributed by atoms with Crippen molar-refractivity contribution in [2.24, 2.45) is 0 Å². The van der Waals surface area contributed by atoms with Crippen LogP contribution < -0.4 is 0 Å². The van der Waals surface area contributed by atoms with E-state index >= 15 is 0 Å². The number of pyridine rings is 1. The Morgan fingerprint density at radius 2 is 2.22 bits per heavy atom. The summed E-state index contributed by atoms with van der Waals surface area (Å²) in [6, 6.07) is 1.64. The number of nitrogens with zero attached hydrogens (tertiary/aromatic N) is 3. The highest BCUT2D eigenvalue weighted by Gasteiger charge is 2.25. The fraction of sp³-hybridized carbons (Fsp3) is 0.615. The van der Waals surface area contributed by atoms with Crippen LogP contribution in [0.25, 0.3) is 0 Å². The largest absolute Gasteiger partial charge is 0.388 e. The lowest BCUT2D eigenvalue weighted by Gasteiger charge is -2.38. The number of piperazine rings is 1. The first-order chi connectivity index (χ1) is 8.56. The highest BCUT2D eigenvalue weighted by molar-refractivity contribution is 5.13. The van der Waals surface area contributed by atoms with Crippen LogP contribution in [0.5, 0.6) is 0 Å². The van der Waals surface area contributed by atoms with Crippen LogP contribution in [0, 0.1) is 5.82 Å². The molecular formula is C13H20FN3O. The highest BCUT2D eigenvalue weighted by atomic mass is 19.1. The van der Waals surface area contributed by atoms with Gasteiger partial charge < -0.3 is 14.9 Å². The predicted molar refractivity (Wildman–Crippen MR) is 67.7 cm³/mol. The van der Waals surface area contributed by atoms with Gasteiger partial charge in [0.1, 0.15) is 5.82 Å². The minimum absolute atomic E-state index is 0.294. The third-order valence-corrected chi connectivity index (χ3v) is 3.59. The van der Waals surface area contributed by atoms with Gasteiger partial charge in [-0.05, 0) is 26.6 Å². The lowest BCUT2D eigenvalue weighted by molar-refractivity contribution is 0.0632. The van der Waals surface area contributed by atoms with Crippen molar-refractivity contribution >= 4 is 0 Å². The lowest BCUT2D eigenvalue weighted by atomic mass is 10.0. The predicted octanol–water partition coefficient (Wildman–Crippen LogP) is 0.890. The summed E-state index contributed by atoms with van der Waals surface area (Å²) in [4.78, 5) is 8.27. The number of aliphatic hydroxyl groups excluding tert-OH is 1. The molecule has 1 N–H and O–H groups in total. The number of aliphatic hydroxyl groups is 1. The zero-order valence-corrected chi connectivity index (χ0v) is 10.9. The van der Waals surface area contributed by atoms with E-state index in [1.807, 2.05) is 0 Å². The second kappa shape index (κ2) is 5.73. The first-order valence-electron chi connectivity index (χ1n) is 6.23. The quantitative estimate of drug-likeness (QED) is 0.868. The van der Waals surface area contributed by atoms with Gasteiger partial charge in [-0.2, -0.15) is 0 Å². The molecule has 1 aliphatic rings. The van der Waals surface area contributed by atoms with E-state index in [4.69, 9.17) is 0 Å². The van der Waals surface area contributed by atoms with Gasteiger partial charge in [-0.3, -0.25) is 4.98 Å². The Morgan fingerprint density at radius 1 is 1.44 bits per heavy atom. The molecule has 0 radical (unpaired) electrons. The second-order valence-electron chi connectivity index (χ2n) is 5.08. The number of hydrogen-bond donors (Lipinski definition) is 1. The van der Waals surface area contributed by atoms with Crippen molar-refractivity contribution < 1.29 is 9.50 Å². The Kier molecular flexibility index (Phi) is 4.27. The molecule has 100 valence electrons. The maximum absolute atomic E-state index is 13.1. The topological polar surface area (TPSA) is 39.6 Å². The summed E-state index contributed by atoms with van der Waals surface area (Å²) in [5.74, 6) is -0.402. The first kappa shape index (κ1) is 13.4. The molecule has 2 rings (SSSR count). The summed E-state index contributed by atoms with van der Waals surface area (Å²) in [6.45, 7) is 2.97. The number of aromatic nitrogens is 1. The zero-order chi connectivity index (χ0) is 13.1. The molecule has 0 spiro atoms. The number of likely N-dealkylation sites (N-methyl/N-ethyl adjacent to an activating group) is 2. The van der Waals surface area contributed by atoms with Crippen molar-refractivity contribution in [2.75, 3.05) is 33.7 Å². The standard InChI is InChI=1S/C13H20FN3O/c1-16-3-4-17(2)12(9-16)6-13(18)10-5-11(14)8-15-7-10/h5,7-8,12-13,18H,3-4,6,9H2,1-2H3. The van der Waals surface area contributed by atoms with Gasteiger partial charge in [0.2, 0.25) is 0 Å². The summed E-state index contributed by atoms with van der Waals surface area (Å²) in [5.41, 5.74) is 0.552. The summed E-state index contributed by atoms with van der Waals surface area (Å²) in [6.07, 6.45) is 2.62. The molecule has 0 saturated carbocycles. The Labute approximate surface area is 107 Å². The van der Waals surface area contributed by atoms with E-state index in [1.54, 1.807) is 0 Å². The second-order valence-corrected chi connectivity index (χ2v) is 5.08. The minimum atomic E-state index is -0.660. The lowest BCUT2D eigenvalue weighted by Crippen LogP contribution is -2.50. The maximum Gasteiger partial charge on any atom is 0.141 e. The molecule has 1 aromatic rings. The molecule has 0 bridgehead atoms. The van der Waals surface area contributed by atoms with Gasteiger partial charge in [-0.25, -0.2) is 4.39 Å². The van der Waals surface area contributed by atoms with Gasteiger partial charge in [0.15, 0.2) is 0 Å². The maximum atomic E-state index is 13.1. The normalized spacial score (nSPS) is 24.1. The molecule has 0 amide bonds. The number of hydrogen-bond acceptors (Lipinski definition) is 4. The van der Waals surface area contributed by atoms with Crippen molar-refractivity contribution in [3.63, 3.8) is 0 Å². The molecule has 1 aliphatic heterocycles. The molecule has 2 heterocycles. The zero-order valence-electron chi connectivity index (χ0n) is 10.9. The van der Waals surface area contributed by atoms with Gasteiger partial charge >= 0.3 is 0 Å². The van der Waals surface area contributed by atoms with Crippen molar-refractivity contribution in [1.29, 1.82) is 0 Å². The average molecular weight is 253 g/mol. The van der Waals surface area contributed by atoms with E-state index in [-0.39, 0.29) is 0 Å². The monoisotopic (exact) mass is 253 g/mol. The van der Waals surface area contributed by atoms with Crippen LogP contribution in [-0.2, 0) is 0 Å². The molecule has 1 fully saturated rings. The van der Waals surface area contributed by atoms with Crippen LogP contribution in [-0.4, -0.2) is 59.7 Å². The third kappa shape index (κ3) is 3.25. The van der Waals surface area contributed by atoms with E-state index in [9.17, 15) is 9.50 Å². The van der Waals surface area contributed by atoms with Crippen LogP contribution in [0.4, 0.5) is 4.39 Å². The van der Waals surface area contributed by atoms with Gasteiger partial charge in [0.05, 0.1) is 12.3 Å². The van der Waals surface area contributed by atoms with Crippen molar-refractivity contribution in [2.45, 2.75) is 18.6 Å². The molecule has 5 heteroatoms. The van der Waals surface area contributed by atoms with E-state index in [0.29, 0.717) is 18.0 Å². The molecule has 2 unspecified atom stereocenters.